The van der Waals surface area contributed by atoms with Crippen molar-refractivity contribution in [1.29, 1.82) is 0 Å². The number of hydrogen-bond acceptors (Lipinski definition) is 9. The first-order chi connectivity index (χ1) is 20.1. The van der Waals surface area contributed by atoms with Gasteiger partial charge in [0.15, 0.2) is 5.82 Å². The SMILES string of the molecule is COc1cccc(-c2nnc(N(CC[S+](C)C)S(=O)(=O)C[C@@H](O)c3ccc(F)cc3)n2-c2c(OC)cccc2OC)n1. The van der Waals surface area contributed by atoms with E-state index in [4.69, 9.17) is 14.2 Å². The van der Waals surface area contributed by atoms with Gasteiger partial charge in [-0.15, -0.1) is 10.2 Å². The summed E-state index contributed by atoms with van der Waals surface area (Å²) in [7, 11) is 0.0811. The molecule has 42 heavy (non-hydrogen) atoms. The topological polar surface area (TPSA) is 129 Å². The van der Waals surface area contributed by atoms with Gasteiger partial charge in [-0.2, -0.15) is 0 Å². The number of nitrogens with zero attached hydrogens (tertiary/aromatic N) is 5. The van der Waals surface area contributed by atoms with Crippen LogP contribution in [0.25, 0.3) is 17.2 Å². The van der Waals surface area contributed by atoms with Gasteiger partial charge >= 0.3 is 0 Å². The number of aliphatic hydroxyl groups is 1. The molecule has 0 aliphatic rings. The van der Waals surface area contributed by atoms with Gasteiger partial charge in [0.1, 0.15) is 34.5 Å². The van der Waals surface area contributed by atoms with E-state index in [9.17, 15) is 17.9 Å². The van der Waals surface area contributed by atoms with Crippen LogP contribution >= 0.6 is 0 Å². The first kappa shape index (κ1) is 31.1. The smallest absolute Gasteiger partial charge is 0.246 e. The fourth-order valence-corrected chi connectivity index (χ4v) is 6.39. The first-order valence-electron chi connectivity index (χ1n) is 12.8. The number of aromatic nitrogens is 4. The number of benzene rings is 2. The van der Waals surface area contributed by atoms with Crippen LogP contribution in [0.5, 0.6) is 17.4 Å². The Morgan fingerprint density at radius 1 is 0.952 bits per heavy atom. The van der Waals surface area contributed by atoms with Crippen molar-refractivity contribution in [3.05, 3.63) is 72.0 Å². The van der Waals surface area contributed by atoms with Crippen molar-refractivity contribution in [2.45, 2.75) is 6.10 Å². The number of ether oxygens (including phenoxy) is 3. The molecule has 11 nitrogen and oxygen atoms in total. The quantitative estimate of drug-likeness (QED) is 0.225. The highest BCUT2D eigenvalue weighted by Crippen LogP contribution is 2.39. The van der Waals surface area contributed by atoms with E-state index in [1.165, 1.54) is 50.2 Å². The summed E-state index contributed by atoms with van der Waals surface area (Å²) in [6.45, 7) is 0.0513. The lowest BCUT2D eigenvalue weighted by molar-refractivity contribution is 0.201. The van der Waals surface area contributed by atoms with E-state index in [2.05, 4.69) is 15.2 Å². The van der Waals surface area contributed by atoms with Gasteiger partial charge in [0.2, 0.25) is 21.9 Å². The molecular formula is C28H33FN5O6S2+. The van der Waals surface area contributed by atoms with Crippen LogP contribution in [0.4, 0.5) is 10.3 Å². The molecule has 4 rings (SSSR count). The summed E-state index contributed by atoms with van der Waals surface area (Å²) in [5.74, 6) is 0.557. The van der Waals surface area contributed by atoms with E-state index in [-0.39, 0.29) is 34.8 Å². The Morgan fingerprint density at radius 3 is 2.19 bits per heavy atom. The lowest BCUT2D eigenvalue weighted by Gasteiger charge is -2.26. The highest BCUT2D eigenvalue weighted by Gasteiger charge is 2.34. The molecule has 1 N–H and O–H groups in total. The van der Waals surface area contributed by atoms with Gasteiger partial charge < -0.3 is 19.3 Å². The van der Waals surface area contributed by atoms with Gasteiger partial charge in [0.25, 0.3) is 0 Å². The van der Waals surface area contributed by atoms with E-state index in [1.807, 2.05) is 12.5 Å². The molecule has 2 aromatic carbocycles. The zero-order valence-corrected chi connectivity index (χ0v) is 25.5. The molecule has 0 saturated heterocycles. The third-order valence-electron chi connectivity index (χ3n) is 6.32. The van der Waals surface area contributed by atoms with E-state index < -0.39 is 27.7 Å². The molecular weight excluding hydrogens is 585 g/mol. The van der Waals surface area contributed by atoms with E-state index in [0.717, 1.165) is 4.31 Å². The second-order valence-corrected chi connectivity index (χ2v) is 13.7. The third kappa shape index (κ3) is 6.77. The Labute approximate surface area is 247 Å². The van der Waals surface area contributed by atoms with Crippen molar-refractivity contribution in [3.63, 3.8) is 0 Å². The number of para-hydroxylation sites is 1. The molecule has 4 aromatic rings. The molecule has 0 amide bonds. The molecule has 224 valence electrons. The lowest BCUT2D eigenvalue weighted by atomic mass is 10.1. The van der Waals surface area contributed by atoms with Gasteiger partial charge in [0.05, 0.1) is 52.2 Å². The van der Waals surface area contributed by atoms with E-state index in [0.29, 0.717) is 34.5 Å². The molecule has 0 bridgehead atoms. The molecule has 1 atom stereocenters. The van der Waals surface area contributed by atoms with Crippen molar-refractivity contribution in [2.24, 2.45) is 0 Å². The second kappa shape index (κ2) is 13.4. The van der Waals surface area contributed by atoms with Crippen LogP contribution in [0.15, 0.2) is 60.7 Å². The summed E-state index contributed by atoms with van der Waals surface area (Å²) in [5, 5.41) is 19.6. The Morgan fingerprint density at radius 2 is 1.60 bits per heavy atom. The number of aliphatic hydroxyl groups excluding tert-OH is 1. The second-order valence-electron chi connectivity index (χ2n) is 9.34. The van der Waals surface area contributed by atoms with Gasteiger partial charge in [-0.3, -0.25) is 4.57 Å². The number of sulfonamides is 1. The molecule has 2 heterocycles. The molecule has 0 saturated carbocycles. The standard InChI is InChI=1S/C28H33FN5O6S2/c1-38-23-9-7-10-24(39-2)26(23)34-27(21-8-6-11-25(30-21)40-3)31-32-28(34)33(16-17-41(4)5)42(36,37)18-22(35)19-12-14-20(29)15-13-19/h6-15,22,35H,16-18H2,1-5H3/q+1/t22-/m1/s1. The highest BCUT2D eigenvalue weighted by molar-refractivity contribution is 7.95. The maximum Gasteiger partial charge on any atom is 0.246 e. The van der Waals surface area contributed by atoms with Crippen molar-refractivity contribution >= 4 is 26.9 Å². The fourth-order valence-electron chi connectivity index (χ4n) is 4.21. The number of anilines is 1. The zero-order chi connectivity index (χ0) is 30.4. The predicted octanol–water partition coefficient (Wildman–Crippen LogP) is 3.24. The summed E-state index contributed by atoms with van der Waals surface area (Å²) in [4.78, 5) is 4.50. The van der Waals surface area contributed by atoms with Crippen LogP contribution in [0.1, 0.15) is 11.7 Å². The van der Waals surface area contributed by atoms with E-state index >= 15 is 0 Å². The highest BCUT2D eigenvalue weighted by atomic mass is 32.2. The van der Waals surface area contributed by atoms with Gasteiger partial charge in [-0.25, -0.2) is 22.1 Å². The molecule has 0 spiro atoms. The monoisotopic (exact) mass is 618 g/mol. The zero-order valence-electron chi connectivity index (χ0n) is 23.9. The van der Waals surface area contributed by atoms with Gasteiger partial charge in [-0.1, -0.05) is 24.3 Å². The predicted molar refractivity (Wildman–Crippen MR) is 161 cm³/mol. The summed E-state index contributed by atoms with van der Waals surface area (Å²) in [5.41, 5.74) is 0.976. The Kier molecular flexibility index (Phi) is 9.91. The summed E-state index contributed by atoms with van der Waals surface area (Å²) in [6, 6.07) is 15.3. The van der Waals surface area contributed by atoms with Crippen LogP contribution in [-0.2, 0) is 20.9 Å². The molecule has 0 aliphatic heterocycles. The minimum atomic E-state index is -4.24. The molecule has 2 aromatic heterocycles. The molecule has 14 heteroatoms. The minimum absolute atomic E-state index is 0.0471. The largest absolute Gasteiger partial charge is 0.494 e. The summed E-state index contributed by atoms with van der Waals surface area (Å²) in [6.07, 6.45) is 2.58. The average Bonchev–Trinajstić information content (AvgIpc) is 3.40. The third-order valence-corrected chi connectivity index (χ3v) is 9.07. The number of hydrogen-bond donors (Lipinski definition) is 1. The molecule has 0 radical (unpaired) electrons. The average molecular weight is 619 g/mol. The number of pyridine rings is 1. The van der Waals surface area contributed by atoms with Crippen LogP contribution in [0.2, 0.25) is 0 Å². The fraction of sp³-hybridized carbons (Fsp3) is 0.321. The number of halogens is 1. The molecule has 0 fully saturated rings. The van der Waals surface area contributed by atoms with Gasteiger partial charge in [-0.05, 0) is 46.8 Å². The van der Waals surface area contributed by atoms with Crippen molar-refractivity contribution in [3.8, 4) is 34.6 Å². The Hall–Kier alpha value is -3.88. The Balaban J connectivity index is 1.94. The number of methoxy groups -OCH3 is 3. The summed E-state index contributed by atoms with van der Waals surface area (Å²) < 4.78 is 60.8. The molecule has 0 unspecified atom stereocenters. The van der Waals surface area contributed by atoms with Crippen molar-refractivity contribution in [1.82, 2.24) is 19.7 Å². The minimum Gasteiger partial charge on any atom is -0.494 e. The maximum absolute atomic E-state index is 14.0. The van der Waals surface area contributed by atoms with Crippen LogP contribution < -0.4 is 18.5 Å². The van der Waals surface area contributed by atoms with Crippen molar-refractivity contribution in [2.75, 3.05) is 56.2 Å². The maximum atomic E-state index is 14.0. The lowest BCUT2D eigenvalue weighted by Crippen LogP contribution is -2.39. The number of rotatable bonds is 13. The first-order valence-corrected chi connectivity index (χ1v) is 16.6. The van der Waals surface area contributed by atoms with Crippen LogP contribution in [0.3, 0.4) is 0 Å². The normalized spacial score (nSPS) is 12.3. The van der Waals surface area contributed by atoms with Crippen LogP contribution in [0, 0.1) is 5.82 Å². The van der Waals surface area contributed by atoms with E-state index in [1.54, 1.807) is 36.4 Å². The Bertz CT molecular complexity index is 1590. The van der Waals surface area contributed by atoms with Crippen molar-refractivity contribution < 1.29 is 32.1 Å². The summed E-state index contributed by atoms with van der Waals surface area (Å²) >= 11 is 0. The van der Waals surface area contributed by atoms with Gasteiger partial charge in [0, 0.05) is 6.07 Å². The van der Waals surface area contributed by atoms with Crippen LogP contribution in [-0.4, -0.2) is 85.2 Å². The molecule has 0 aliphatic carbocycles.